The van der Waals surface area contributed by atoms with E-state index in [1.54, 1.807) is 0 Å². The van der Waals surface area contributed by atoms with Crippen molar-refractivity contribution in [2.75, 3.05) is 0 Å². The lowest BCUT2D eigenvalue weighted by Gasteiger charge is -2.12. The zero-order chi connectivity index (χ0) is 12.8. The summed E-state index contributed by atoms with van der Waals surface area (Å²) in [4.78, 5) is 0. The van der Waals surface area contributed by atoms with Crippen molar-refractivity contribution < 1.29 is 0 Å². The van der Waals surface area contributed by atoms with Crippen molar-refractivity contribution in [1.82, 2.24) is 0 Å². The summed E-state index contributed by atoms with van der Waals surface area (Å²) in [5.41, 5.74) is 4.21. The van der Waals surface area contributed by atoms with Gasteiger partial charge < -0.3 is 0 Å². The second-order valence-electron chi connectivity index (χ2n) is 5.39. The molecular weight excluding hydrogens is 216 g/mol. The van der Waals surface area contributed by atoms with E-state index < -0.39 is 0 Å². The van der Waals surface area contributed by atoms with Crippen LogP contribution in [0.3, 0.4) is 0 Å². The standard InChI is InChI=1S/C18H24/c1-3-4-5-6-16-9-13-18(14-10-16)17-11-7-15(2)8-12-17/h7,9-15H,3-6,8H2,1-2H3. The molecule has 1 aliphatic carbocycles. The lowest BCUT2D eigenvalue weighted by Crippen LogP contribution is -1.94. The normalized spacial score (nSPS) is 18.8. The van der Waals surface area contributed by atoms with Gasteiger partial charge in [0.25, 0.3) is 0 Å². The highest BCUT2D eigenvalue weighted by Crippen LogP contribution is 2.24. The topological polar surface area (TPSA) is 0 Å². The summed E-state index contributed by atoms with van der Waals surface area (Å²) in [6.07, 6.45) is 13.3. The molecule has 0 heteroatoms. The van der Waals surface area contributed by atoms with Crippen molar-refractivity contribution in [1.29, 1.82) is 0 Å². The summed E-state index contributed by atoms with van der Waals surface area (Å²) in [5.74, 6) is 0.696. The molecule has 0 saturated carbocycles. The second kappa shape index (κ2) is 6.58. The summed E-state index contributed by atoms with van der Waals surface area (Å²) in [6.45, 7) is 4.52. The molecule has 0 nitrogen and oxygen atoms in total. The van der Waals surface area contributed by atoms with E-state index in [-0.39, 0.29) is 0 Å². The van der Waals surface area contributed by atoms with E-state index in [9.17, 15) is 0 Å². The molecule has 0 N–H and O–H groups in total. The number of allylic oxidation sites excluding steroid dienone is 4. The van der Waals surface area contributed by atoms with E-state index in [0.29, 0.717) is 5.92 Å². The molecule has 1 unspecified atom stereocenters. The molecule has 2 rings (SSSR count). The molecule has 0 aromatic heterocycles. The fourth-order valence-corrected chi connectivity index (χ4v) is 2.38. The summed E-state index contributed by atoms with van der Waals surface area (Å²) in [5, 5.41) is 0. The Morgan fingerprint density at radius 2 is 1.89 bits per heavy atom. The molecule has 0 amide bonds. The van der Waals surface area contributed by atoms with Gasteiger partial charge in [-0.25, -0.2) is 0 Å². The first kappa shape index (κ1) is 13.1. The average molecular weight is 240 g/mol. The minimum Gasteiger partial charge on any atom is -0.0808 e. The fourth-order valence-electron chi connectivity index (χ4n) is 2.38. The van der Waals surface area contributed by atoms with Crippen molar-refractivity contribution in [2.45, 2.75) is 46.0 Å². The van der Waals surface area contributed by atoms with Gasteiger partial charge in [0.05, 0.1) is 0 Å². The molecule has 18 heavy (non-hydrogen) atoms. The van der Waals surface area contributed by atoms with E-state index in [0.717, 1.165) is 0 Å². The van der Waals surface area contributed by atoms with Crippen LogP contribution >= 0.6 is 0 Å². The molecule has 0 spiro atoms. The highest BCUT2D eigenvalue weighted by atomic mass is 14.1. The van der Waals surface area contributed by atoms with Gasteiger partial charge >= 0.3 is 0 Å². The predicted molar refractivity (Wildman–Crippen MR) is 80.6 cm³/mol. The highest BCUT2D eigenvalue weighted by Gasteiger charge is 2.05. The van der Waals surface area contributed by atoms with Crippen LogP contribution in [0.1, 0.15) is 50.7 Å². The van der Waals surface area contributed by atoms with Crippen LogP contribution in [0.4, 0.5) is 0 Å². The third kappa shape index (κ3) is 3.60. The zero-order valence-electron chi connectivity index (χ0n) is 11.7. The Balaban J connectivity index is 1.97. The molecule has 0 saturated heterocycles. The van der Waals surface area contributed by atoms with E-state index in [4.69, 9.17) is 0 Å². The Hall–Kier alpha value is -1.30. The number of unbranched alkanes of at least 4 members (excludes halogenated alkanes) is 2. The van der Waals surface area contributed by atoms with Crippen LogP contribution in [0.25, 0.3) is 5.57 Å². The summed E-state index contributed by atoms with van der Waals surface area (Å²) >= 11 is 0. The van der Waals surface area contributed by atoms with Crippen molar-refractivity contribution in [3.05, 3.63) is 53.6 Å². The first-order valence-corrected chi connectivity index (χ1v) is 7.27. The highest BCUT2D eigenvalue weighted by molar-refractivity contribution is 5.74. The van der Waals surface area contributed by atoms with Crippen LogP contribution in [-0.2, 0) is 6.42 Å². The van der Waals surface area contributed by atoms with Crippen LogP contribution in [0, 0.1) is 5.92 Å². The number of rotatable bonds is 5. The minimum absolute atomic E-state index is 0.696. The molecule has 0 aliphatic heterocycles. The minimum atomic E-state index is 0.696. The average Bonchev–Trinajstić information content (AvgIpc) is 2.41. The molecule has 0 heterocycles. The summed E-state index contributed by atoms with van der Waals surface area (Å²) in [7, 11) is 0. The first-order valence-electron chi connectivity index (χ1n) is 7.27. The lowest BCUT2D eigenvalue weighted by molar-refractivity contribution is 0.717. The molecule has 0 fully saturated rings. The molecule has 0 bridgehead atoms. The third-order valence-electron chi connectivity index (χ3n) is 3.67. The maximum atomic E-state index is 2.36. The van der Waals surface area contributed by atoms with Gasteiger partial charge in [-0.2, -0.15) is 0 Å². The van der Waals surface area contributed by atoms with Gasteiger partial charge in [-0.15, -0.1) is 0 Å². The van der Waals surface area contributed by atoms with Crippen LogP contribution < -0.4 is 0 Å². The first-order chi connectivity index (χ1) is 8.79. The van der Waals surface area contributed by atoms with Crippen LogP contribution in [0.15, 0.2) is 42.5 Å². The monoisotopic (exact) mass is 240 g/mol. The Labute approximate surface area is 111 Å². The second-order valence-corrected chi connectivity index (χ2v) is 5.39. The van der Waals surface area contributed by atoms with Crippen molar-refractivity contribution >= 4 is 5.57 Å². The van der Waals surface area contributed by atoms with Gasteiger partial charge in [-0.3, -0.25) is 0 Å². The quantitative estimate of drug-likeness (QED) is 0.605. The maximum Gasteiger partial charge on any atom is -0.0187 e. The molecule has 1 atom stereocenters. The van der Waals surface area contributed by atoms with Crippen molar-refractivity contribution in [3.8, 4) is 0 Å². The van der Waals surface area contributed by atoms with Crippen LogP contribution in [-0.4, -0.2) is 0 Å². The molecule has 1 aromatic rings. The van der Waals surface area contributed by atoms with Gasteiger partial charge in [-0.05, 0) is 41.9 Å². The number of benzene rings is 1. The van der Waals surface area contributed by atoms with Gasteiger partial charge in [0.15, 0.2) is 0 Å². The molecular formula is C18H24. The molecule has 1 aliphatic rings. The number of aryl methyl sites for hydroxylation is 1. The van der Waals surface area contributed by atoms with Gasteiger partial charge in [0, 0.05) is 0 Å². The van der Waals surface area contributed by atoms with E-state index in [1.807, 2.05) is 0 Å². The van der Waals surface area contributed by atoms with E-state index >= 15 is 0 Å². The zero-order valence-corrected chi connectivity index (χ0v) is 11.7. The molecule has 0 radical (unpaired) electrons. The number of hydrogen-bond acceptors (Lipinski definition) is 0. The van der Waals surface area contributed by atoms with E-state index in [2.05, 4.69) is 56.3 Å². The van der Waals surface area contributed by atoms with Gasteiger partial charge in [-0.1, -0.05) is 69.2 Å². The third-order valence-corrected chi connectivity index (χ3v) is 3.67. The Morgan fingerprint density at radius 1 is 1.11 bits per heavy atom. The summed E-state index contributed by atoms with van der Waals surface area (Å²) in [6, 6.07) is 9.12. The van der Waals surface area contributed by atoms with Gasteiger partial charge in [0.2, 0.25) is 0 Å². The van der Waals surface area contributed by atoms with Crippen molar-refractivity contribution in [3.63, 3.8) is 0 Å². The SMILES string of the molecule is CCCCCc1ccc(C2=CCC(C)C=C2)cc1. The Bertz CT molecular complexity index is 420. The van der Waals surface area contributed by atoms with Crippen LogP contribution in [0.2, 0.25) is 0 Å². The van der Waals surface area contributed by atoms with E-state index in [1.165, 1.54) is 48.8 Å². The van der Waals surface area contributed by atoms with Crippen LogP contribution in [0.5, 0.6) is 0 Å². The summed E-state index contributed by atoms with van der Waals surface area (Å²) < 4.78 is 0. The number of hydrogen-bond donors (Lipinski definition) is 0. The Morgan fingerprint density at radius 3 is 2.50 bits per heavy atom. The maximum absolute atomic E-state index is 2.36. The van der Waals surface area contributed by atoms with Crippen molar-refractivity contribution in [2.24, 2.45) is 5.92 Å². The predicted octanol–water partition coefficient (Wildman–Crippen LogP) is 5.40. The Kier molecular flexibility index (Phi) is 4.81. The van der Waals surface area contributed by atoms with Gasteiger partial charge in [0.1, 0.15) is 0 Å². The largest absolute Gasteiger partial charge is 0.0808 e. The molecule has 1 aromatic carbocycles. The lowest BCUT2D eigenvalue weighted by atomic mass is 9.93. The molecule has 96 valence electrons. The smallest absolute Gasteiger partial charge is 0.0187 e. The fraction of sp³-hybridized carbons (Fsp3) is 0.444.